The highest BCUT2D eigenvalue weighted by molar-refractivity contribution is 5.86. The Morgan fingerprint density at radius 1 is 1.17 bits per heavy atom. The number of urea groups is 1. The number of amides is 2. The molecule has 0 aromatic carbocycles. The van der Waals surface area contributed by atoms with Gasteiger partial charge in [0.1, 0.15) is 5.54 Å². The zero-order chi connectivity index (χ0) is 13.0. The number of carboxylic acids is 1. The first kappa shape index (κ1) is 13.1. The van der Waals surface area contributed by atoms with E-state index in [0.717, 1.165) is 38.8 Å². The molecule has 0 aromatic heterocycles. The molecule has 2 amide bonds. The largest absolute Gasteiger partial charge is 0.480 e. The summed E-state index contributed by atoms with van der Waals surface area (Å²) < 4.78 is 0. The van der Waals surface area contributed by atoms with Gasteiger partial charge < -0.3 is 21.1 Å². The number of aliphatic carboxylic acids is 1. The van der Waals surface area contributed by atoms with Crippen molar-refractivity contribution in [3.05, 3.63) is 0 Å². The molecule has 2 rings (SSSR count). The van der Waals surface area contributed by atoms with Crippen LogP contribution in [0.5, 0.6) is 0 Å². The predicted molar refractivity (Wildman–Crippen MR) is 66.4 cm³/mol. The lowest BCUT2D eigenvalue weighted by Crippen LogP contribution is -2.57. The molecule has 0 radical (unpaired) electrons. The molecule has 1 aliphatic heterocycles. The molecule has 2 aliphatic rings. The van der Waals surface area contributed by atoms with Crippen molar-refractivity contribution in [2.45, 2.75) is 50.1 Å². The first-order valence-electron chi connectivity index (χ1n) is 6.65. The summed E-state index contributed by atoms with van der Waals surface area (Å²) >= 11 is 0. The van der Waals surface area contributed by atoms with Crippen molar-refractivity contribution in [2.24, 2.45) is 0 Å². The highest BCUT2D eigenvalue weighted by Gasteiger charge is 2.42. The van der Waals surface area contributed by atoms with Crippen molar-refractivity contribution in [3.8, 4) is 0 Å². The monoisotopic (exact) mass is 255 g/mol. The number of nitrogens with one attached hydrogen (secondary N) is 3. The third-order valence-corrected chi connectivity index (χ3v) is 3.89. The number of piperidine rings is 1. The quantitative estimate of drug-likeness (QED) is 0.589. The fraction of sp³-hybridized carbons (Fsp3) is 0.833. The van der Waals surface area contributed by atoms with Gasteiger partial charge in [0.15, 0.2) is 0 Å². The Bertz CT molecular complexity index is 321. The first-order valence-corrected chi connectivity index (χ1v) is 6.65. The summed E-state index contributed by atoms with van der Waals surface area (Å²) in [6.45, 7) is 1.80. The van der Waals surface area contributed by atoms with Crippen molar-refractivity contribution in [2.75, 3.05) is 13.1 Å². The SMILES string of the molecule is O=C(NC1CCNCC1)NC1(C(=O)O)CCCC1. The molecule has 0 unspecified atom stereocenters. The third-order valence-electron chi connectivity index (χ3n) is 3.89. The molecule has 1 aliphatic carbocycles. The van der Waals surface area contributed by atoms with Gasteiger partial charge in [-0.25, -0.2) is 9.59 Å². The van der Waals surface area contributed by atoms with Gasteiger partial charge in [-0.2, -0.15) is 0 Å². The highest BCUT2D eigenvalue weighted by atomic mass is 16.4. The van der Waals surface area contributed by atoms with Gasteiger partial charge in [-0.3, -0.25) is 0 Å². The van der Waals surface area contributed by atoms with E-state index in [4.69, 9.17) is 0 Å². The lowest BCUT2D eigenvalue weighted by Gasteiger charge is -2.28. The van der Waals surface area contributed by atoms with Crippen LogP contribution in [0.3, 0.4) is 0 Å². The van der Waals surface area contributed by atoms with Crippen LogP contribution in [0.4, 0.5) is 4.79 Å². The molecule has 2 fully saturated rings. The van der Waals surface area contributed by atoms with Gasteiger partial charge in [0.2, 0.25) is 0 Å². The summed E-state index contributed by atoms with van der Waals surface area (Å²) in [6.07, 6.45) is 4.57. The topological polar surface area (TPSA) is 90.5 Å². The number of carbonyl (C=O) groups is 2. The van der Waals surface area contributed by atoms with E-state index < -0.39 is 11.5 Å². The maximum Gasteiger partial charge on any atom is 0.329 e. The first-order chi connectivity index (χ1) is 8.62. The van der Waals surface area contributed by atoms with Crippen LogP contribution in [0.2, 0.25) is 0 Å². The average Bonchev–Trinajstić information content (AvgIpc) is 2.80. The standard InChI is InChI=1S/C12H21N3O3/c16-10(17)12(5-1-2-6-12)15-11(18)14-9-3-7-13-8-4-9/h9,13H,1-8H2,(H,16,17)(H2,14,15,18). The summed E-state index contributed by atoms with van der Waals surface area (Å²) in [7, 11) is 0. The van der Waals surface area contributed by atoms with E-state index in [2.05, 4.69) is 16.0 Å². The lowest BCUT2D eigenvalue weighted by molar-refractivity contribution is -0.144. The van der Waals surface area contributed by atoms with E-state index in [1.807, 2.05) is 0 Å². The summed E-state index contributed by atoms with van der Waals surface area (Å²) in [5, 5.41) is 18.0. The van der Waals surface area contributed by atoms with Crippen LogP contribution in [0, 0.1) is 0 Å². The van der Waals surface area contributed by atoms with Gasteiger partial charge in [0, 0.05) is 6.04 Å². The number of carbonyl (C=O) groups excluding carboxylic acids is 1. The number of rotatable bonds is 3. The molecule has 1 heterocycles. The van der Waals surface area contributed by atoms with Crippen LogP contribution < -0.4 is 16.0 Å². The molecular formula is C12H21N3O3. The molecule has 0 aromatic rings. The van der Waals surface area contributed by atoms with Gasteiger partial charge in [0.25, 0.3) is 0 Å². The molecule has 1 saturated heterocycles. The normalized spacial score (nSPS) is 23.6. The zero-order valence-corrected chi connectivity index (χ0v) is 10.5. The Morgan fingerprint density at radius 3 is 2.33 bits per heavy atom. The minimum Gasteiger partial charge on any atom is -0.480 e. The van der Waals surface area contributed by atoms with Gasteiger partial charge in [-0.05, 0) is 38.8 Å². The van der Waals surface area contributed by atoms with Crippen LogP contribution in [0.1, 0.15) is 38.5 Å². The zero-order valence-electron chi connectivity index (χ0n) is 10.5. The van der Waals surface area contributed by atoms with E-state index in [9.17, 15) is 14.7 Å². The molecule has 0 spiro atoms. The molecule has 6 heteroatoms. The summed E-state index contributed by atoms with van der Waals surface area (Å²) in [5.41, 5.74) is -1.04. The Labute approximate surface area is 107 Å². The van der Waals surface area contributed by atoms with Gasteiger partial charge in [-0.1, -0.05) is 12.8 Å². The maximum atomic E-state index is 11.9. The van der Waals surface area contributed by atoms with Crippen molar-refractivity contribution < 1.29 is 14.7 Å². The minimum absolute atomic E-state index is 0.151. The molecule has 0 bridgehead atoms. The third kappa shape index (κ3) is 2.93. The summed E-state index contributed by atoms with van der Waals surface area (Å²) in [5.74, 6) is -0.916. The summed E-state index contributed by atoms with van der Waals surface area (Å²) in [6, 6.07) is -0.190. The van der Waals surface area contributed by atoms with Crippen molar-refractivity contribution >= 4 is 12.0 Å². The molecule has 6 nitrogen and oxygen atoms in total. The number of carboxylic acid groups (broad SMARTS) is 1. The van der Waals surface area contributed by atoms with E-state index >= 15 is 0 Å². The molecule has 1 saturated carbocycles. The molecule has 0 atom stereocenters. The molecule has 18 heavy (non-hydrogen) atoms. The Kier molecular flexibility index (Phi) is 4.06. The second-order valence-corrected chi connectivity index (χ2v) is 5.22. The molecule has 102 valence electrons. The smallest absolute Gasteiger partial charge is 0.329 e. The lowest BCUT2D eigenvalue weighted by atomic mass is 9.98. The second-order valence-electron chi connectivity index (χ2n) is 5.22. The second kappa shape index (κ2) is 5.56. The van der Waals surface area contributed by atoms with Gasteiger partial charge in [-0.15, -0.1) is 0 Å². The minimum atomic E-state index is -1.04. The molecule has 4 N–H and O–H groups in total. The van der Waals surface area contributed by atoms with Crippen LogP contribution in [-0.4, -0.2) is 41.8 Å². The van der Waals surface area contributed by atoms with Gasteiger partial charge in [0.05, 0.1) is 0 Å². The van der Waals surface area contributed by atoms with Crippen LogP contribution in [-0.2, 0) is 4.79 Å². The highest BCUT2D eigenvalue weighted by Crippen LogP contribution is 2.29. The Morgan fingerprint density at radius 2 is 1.78 bits per heavy atom. The number of hydrogen-bond acceptors (Lipinski definition) is 3. The van der Waals surface area contributed by atoms with Crippen LogP contribution >= 0.6 is 0 Å². The van der Waals surface area contributed by atoms with Crippen LogP contribution in [0.15, 0.2) is 0 Å². The average molecular weight is 255 g/mol. The Hall–Kier alpha value is -1.30. The van der Waals surface area contributed by atoms with E-state index in [1.54, 1.807) is 0 Å². The van der Waals surface area contributed by atoms with Gasteiger partial charge >= 0.3 is 12.0 Å². The van der Waals surface area contributed by atoms with E-state index in [0.29, 0.717) is 12.8 Å². The molecular weight excluding hydrogens is 234 g/mol. The predicted octanol–water partition coefficient (Wildman–Crippen LogP) is 0.435. The Balaban J connectivity index is 1.87. The maximum absolute atomic E-state index is 11.9. The van der Waals surface area contributed by atoms with Crippen molar-refractivity contribution in [1.82, 2.24) is 16.0 Å². The van der Waals surface area contributed by atoms with Crippen molar-refractivity contribution in [1.29, 1.82) is 0 Å². The van der Waals surface area contributed by atoms with E-state index in [-0.39, 0.29) is 12.1 Å². The van der Waals surface area contributed by atoms with E-state index in [1.165, 1.54) is 0 Å². The fourth-order valence-electron chi connectivity index (χ4n) is 2.78. The number of hydrogen-bond donors (Lipinski definition) is 4. The summed E-state index contributed by atoms with van der Waals surface area (Å²) in [4.78, 5) is 23.2. The van der Waals surface area contributed by atoms with Crippen molar-refractivity contribution in [3.63, 3.8) is 0 Å². The van der Waals surface area contributed by atoms with Crippen LogP contribution in [0.25, 0.3) is 0 Å². The fourth-order valence-corrected chi connectivity index (χ4v) is 2.78.